The third-order valence-corrected chi connectivity index (χ3v) is 7.99. The van der Waals surface area contributed by atoms with Crippen molar-refractivity contribution in [3.05, 3.63) is 78.0 Å². The monoisotopic (exact) mass is 425 g/mol. The Kier molecular flexibility index (Phi) is 5.18. The van der Waals surface area contributed by atoms with E-state index in [1.54, 1.807) is 0 Å². The van der Waals surface area contributed by atoms with E-state index in [1.165, 1.54) is 29.4 Å². The van der Waals surface area contributed by atoms with Gasteiger partial charge in [0.05, 0.1) is 5.52 Å². The number of nitrogens with zero attached hydrogens (tertiary/aromatic N) is 3. The quantitative estimate of drug-likeness (QED) is 0.609. The number of hydrogen-bond donors (Lipinski definition) is 0. The summed E-state index contributed by atoms with van der Waals surface area (Å²) < 4.78 is 0. The maximum absolute atomic E-state index is 13.1. The van der Waals surface area contributed by atoms with Gasteiger partial charge in [-0.3, -0.25) is 14.7 Å². The third kappa shape index (κ3) is 3.61. The Morgan fingerprint density at radius 2 is 1.81 bits per heavy atom. The van der Waals surface area contributed by atoms with Crippen LogP contribution in [-0.2, 0) is 17.8 Å². The van der Waals surface area contributed by atoms with Crippen LogP contribution >= 0.6 is 0 Å². The number of carbonyl (C=O) groups is 1. The Labute approximate surface area is 190 Å². The van der Waals surface area contributed by atoms with E-state index in [9.17, 15) is 4.79 Å². The predicted octanol–water partition coefficient (Wildman–Crippen LogP) is 4.68. The SMILES string of the molecule is O=C1CCC[C@H]2[C@@H]3C[C@@H](CN(Cc4cccc5ncccc45)C3)[C@H](Cc3ccccc3)N12. The van der Waals surface area contributed by atoms with E-state index in [0.29, 0.717) is 29.8 Å². The van der Waals surface area contributed by atoms with Crippen molar-refractivity contribution in [1.82, 2.24) is 14.8 Å². The van der Waals surface area contributed by atoms with Crippen LogP contribution < -0.4 is 0 Å². The van der Waals surface area contributed by atoms with Crippen LogP contribution in [0.25, 0.3) is 10.9 Å². The highest BCUT2D eigenvalue weighted by molar-refractivity contribution is 5.82. The van der Waals surface area contributed by atoms with Gasteiger partial charge in [-0.2, -0.15) is 0 Å². The average molecular weight is 426 g/mol. The van der Waals surface area contributed by atoms with Crippen LogP contribution in [0.3, 0.4) is 0 Å². The minimum Gasteiger partial charge on any atom is -0.336 e. The summed E-state index contributed by atoms with van der Waals surface area (Å²) in [5.74, 6) is 1.53. The van der Waals surface area contributed by atoms with Crippen molar-refractivity contribution >= 4 is 16.8 Å². The number of carbonyl (C=O) groups excluding carboxylic acids is 1. The Hall–Kier alpha value is -2.72. The molecule has 0 saturated carbocycles. The van der Waals surface area contributed by atoms with Crippen molar-refractivity contribution in [2.24, 2.45) is 11.8 Å². The Bertz CT molecular complexity index is 1110. The second kappa shape index (κ2) is 8.32. The second-order valence-corrected chi connectivity index (χ2v) is 9.95. The van der Waals surface area contributed by atoms with Gasteiger partial charge in [-0.05, 0) is 60.8 Å². The van der Waals surface area contributed by atoms with E-state index < -0.39 is 0 Å². The maximum Gasteiger partial charge on any atom is 0.223 e. The average Bonchev–Trinajstić information content (AvgIpc) is 2.83. The number of likely N-dealkylation sites (tertiary alicyclic amines) is 1. The number of fused-ring (bicyclic) bond motifs is 5. The molecule has 2 aromatic carbocycles. The van der Waals surface area contributed by atoms with Crippen LogP contribution in [0, 0.1) is 11.8 Å². The molecule has 3 aliphatic rings. The van der Waals surface area contributed by atoms with Crippen LogP contribution in [0.4, 0.5) is 0 Å². The van der Waals surface area contributed by atoms with Gasteiger partial charge in [-0.15, -0.1) is 0 Å². The molecular weight excluding hydrogens is 394 g/mol. The molecule has 4 heteroatoms. The number of benzene rings is 2. The van der Waals surface area contributed by atoms with E-state index in [1.807, 2.05) is 12.3 Å². The zero-order valence-electron chi connectivity index (χ0n) is 18.6. The second-order valence-electron chi connectivity index (χ2n) is 9.95. The number of hydrogen-bond acceptors (Lipinski definition) is 3. The molecule has 0 unspecified atom stereocenters. The molecule has 0 aliphatic carbocycles. The highest BCUT2D eigenvalue weighted by Gasteiger charge is 2.49. The van der Waals surface area contributed by atoms with Gasteiger partial charge in [0.1, 0.15) is 0 Å². The number of amides is 1. The minimum atomic E-state index is 0.323. The molecule has 6 rings (SSSR count). The zero-order valence-corrected chi connectivity index (χ0v) is 18.6. The summed E-state index contributed by atoms with van der Waals surface area (Å²) in [7, 11) is 0. The summed E-state index contributed by atoms with van der Waals surface area (Å²) in [5, 5.41) is 1.26. The van der Waals surface area contributed by atoms with Crippen molar-refractivity contribution in [1.29, 1.82) is 0 Å². The van der Waals surface area contributed by atoms with E-state index in [-0.39, 0.29) is 0 Å². The lowest BCUT2D eigenvalue weighted by Gasteiger charge is -2.57. The molecule has 0 radical (unpaired) electrons. The highest BCUT2D eigenvalue weighted by atomic mass is 16.2. The molecule has 3 fully saturated rings. The summed E-state index contributed by atoms with van der Waals surface area (Å²) in [6, 6.07) is 22.2. The molecule has 3 aromatic rings. The lowest BCUT2D eigenvalue weighted by molar-refractivity contribution is -0.152. The van der Waals surface area contributed by atoms with Crippen molar-refractivity contribution in [2.75, 3.05) is 13.1 Å². The van der Waals surface area contributed by atoms with Crippen LogP contribution in [0.15, 0.2) is 66.9 Å². The number of aromatic nitrogens is 1. The first-order valence-corrected chi connectivity index (χ1v) is 12.2. The van der Waals surface area contributed by atoms with E-state index >= 15 is 0 Å². The van der Waals surface area contributed by atoms with Crippen LogP contribution in [0.5, 0.6) is 0 Å². The fraction of sp³-hybridized carbons (Fsp3) is 0.429. The largest absolute Gasteiger partial charge is 0.336 e. The van der Waals surface area contributed by atoms with Gasteiger partial charge in [-0.25, -0.2) is 0 Å². The Balaban J connectivity index is 1.29. The lowest BCUT2D eigenvalue weighted by atomic mass is 9.70. The molecule has 1 amide bonds. The van der Waals surface area contributed by atoms with Crippen molar-refractivity contribution in [3.8, 4) is 0 Å². The zero-order chi connectivity index (χ0) is 21.5. The summed E-state index contributed by atoms with van der Waals surface area (Å²) in [6.07, 6.45) is 7.06. The molecule has 4 heterocycles. The third-order valence-electron chi connectivity index (χ3n) is 7.99. The summed E-state index contributed by atoms with van der Waals surface area (Å²) in [4.78, 5) is 22.6. The number of pyridine rings is 1. The smallest absolute Gasteiger partial charge is 0.223 e. The van der Waals surface area contributed by atoms with Gasteiger partial charge in [-0.1, -0.05) is 48.5 Å². The topological polar surface area (TPSA) is 36.4 Å². The fourth-order valence-corrected chi connectivity index (χ4v) is 6.67. The van der Waals surface area contributed by atoms with Gasteiger partial charge in [0, 0.05) is 49.7 Å². The molecule has 1 aromatic heterocycles. The van der Waals surface area contributed by atoms with Crippen LogP contribution in [0.2, 0.25) is 0 Å². The van der Waals surface area contributed by atoms with Gasteiger partial charge < -0.3 is 4.90 Å². The lowest BCUT2D eigenvalue weighted by Crippen LogP contribution is -2.65. The summed E-state index contributed by atoms with van der Waals surface area (Å²) >= 11 is 0. The van der Waals surface area contributed by atoms with Crippen molar-refractivity contribution in [2.45, 2.75) is 50.7 Å². The van der Waals surface area contributed by atoms with Crippen LogP contribution in [-0.4, -0.2) is 45.9 Å². The molecule has 164 valence electrons. The fourth-order valence-electron chi connectivity index (χ4n) is 6.67. The maximum atomic E-state index is 13.1. The molecule has 2 bridgehead atoms. The number of piperidine rings is 3. The molecule has 3 aliphatic heterocycles. The molecule has 0 spiro atoms. The number of rotatable bonds is 4. The molecule has 0 N–H and O–H groups in total. The van der Waals surface area contributed by atoms with Crippen LogP contribution in [0.1, 0.15) is 36.8 Å². The van der Waals surface area contributed by atoms with E-state index in [2.05, 4.69) is 69.4 Å². The molecule has 32 heavy (non-hydrogen) atoms. The van der Waals surface area contributed by atoms with Crippen molar-refractivity contribution in [3.63, 3.8) is 0 Å². The first-order chi connectivity index (χ1) is 15.8. The van der Waals surface area contributed by atoms with E-state index in [4.69, 9.17) is 0 Å². The first-order valence-electron chi connectivity index (χ1n) is 12.2. The minimum absolute atomic E-state index is 0.323. The Morgan fingerprint density at radius 1 is 0.938 bits per heavy atom. The normalized spacial score (nSPS) is 28.0. The molecule has 4 nitrogen and oxygen atoms in total. The highest BCUT2D eigenvalue weighted by Crippen LogP contribution is 2.43. The summed E-state index contributed by atoms with van der Waals surface area (Å²) in [6.45, 7) is 3.13. The van der Waals surface area contributed by atoms with Crippen molar-refractivity contribution < 1.29 is 4.79 Å². The van der Waals surface area contributed by atoms with Gasteiger partial charge in [0.2, 0.25) is 5.91 Å². The van der Waals surface area contributed by atoms with E-state index in [0.717, 1.165) is 44.4 Å². The standard InChI is InChI=1S/C28H31N3O/c32-28-13-5-12-26-22-16-23(27(31(26)28)15-20-7-2-1-3-8-20)19-30(18-22)17-21-9-4-11-25-24(21)10-6-14-29-25/h1-4,6-11,14,22-23,26-27H,5,12-13,15-19H2/t22-,23+,26+,27+/m1/s1. The molecule has 4 atom stereocenters. The summed E-state index contributed by atoms with van der Waals surface area (Å²) in [5.41, 5.74) is 3.80. The molecule has 3 saturated heterocycles. The Morgan fingerprint density at radius 3 is 2.72 bits per heavy atom. The first kappa shape index (κ1) is 19.9. The van der Waals surface area contributed by atoms with Gasteiger partial charge in [0.25, 0.3) is 0 Å². The predicted molar refractivity (Wildman–Crippen MR) is 127 cm³/mol. The van der Waals surface area contributed by atoms with Gasteiger partial charge >= 0.3 is 0 Å². The molecular formula is C28H31N3O. The van der Waals surface area contributed by atoms with Gasteiger partial charge in [0.15, 0.2) is 0 Å².